The van der Waals surface area contributed by atoms with Crippen LogP contribution in [0.2, 0.25) is 0 Å². The summed E-state index contributed by atoms with van der Waals surface area (Å²) in [6.07, 6.45) is 15.9. The zero-order valence-electron chi connectivity index (χ0n) is 12.5. The second-order valence-electron chi connectivity index (χ2n) is 5.24. The van der Waals surface area contributed by atoms with Crippen LogP contribution in [0.4, 0.5) is 0 Å². The number of ether oxygens (including phenoxy) is 1. The molecule has 1 atom stereocenters. The lowest BCUT2D eigenvalue weighted by Gasteiger charge is -2.10. The monoisotopic (exact) mass is 242 g/mol. The molecule has 0 aromatic rings. The third-order valence-corrected chi connectivity index (χ3v) is 3.42. The smallest absolute Gasteiger partial charge is 0.0546 e. The SMILES string of the molecule is CCCCCCCCCCCCC(C)OCC. The summed E-state index contributed by atoms with van der Waals surface area (Å²) in [7, 11) is 0. The highest BCUT2D eigenvalue weighted by molar-refractivity contribution is 4.52. The molecule has 0 aliphatic heterocycles. The molecule has 0 aliphatic carbocycles. The van der Waals surface area contributed by atoms with Gasteiger partial charge in [-0.05, 0) is 20.3 Å². The average molecular weight is 242 g/mol. The van der Waals surface area contributed by atoms with Gasteiger partial charge in [0.2, 0.25) is 0 Å². The molecule has 0 bridgehead atoms. The predicted molar refractivity (Wildman–Crippen MR) is 77.5 cm³/mol. The predicted octanol–water partition coefficient (Wildman–Crippen LogP) is 5.72. The maximum absolute atomic E-state index is 5.52. The van der Waals surface area contributed by atoms with Crippen molar-refractivity contribution in [2.24, 2.45) is 0 Å². The molecule has 104 valence electrons. The first-order chi connectivity index (χ1) is 8.31. The lowest BCUT2D eigenvalue weighted by Crippen LogP contribution is -2.07. The van der Waals surface area contributed by atoms with Gasteiger partial charge in [0.15, 0.2) is 0 Å². The maximum Gasteiger partial charge on any atom is 0.0546 e. The summed E-state index contributed by atoms with van der Waals surface area (Å²) in [6, 6.07) is 0. The van der Waals surface area contributed by atoms with Crippen molar-refractivity contribution in [2.45, 2.75) is 97.5 Å². The van der Waals surface area contributed by atoms with E-state index in [9.17, 15) is 0 Å². The molecule has 0 aromatic heterocycles. The number of unbranched alkanes of at least 4 members (excludes halogenated alkanes) is 9. The van der Waals surface area contributed by atoms with Crippen molar-refractivity contribution >= 4 is 0 Å². The first-order valence-electron chi connectivity index (χ1n) is 7.92. The molecule has 0 N–H and O–H groups in total. The van der Waals surface area contributed by atoms with E-state index in [1.807, 2.05) is 0 Å². The Hall–Kier alpha value is -0.0400. The van der Waals surface area contributed by atoms with Gasteiger partial charge >= 0.3 is 0 Å². The van der Waals surface area contributed by atoms with Crippen molar-refractivity contribution in [1.29, 1.82) is 0 Å². The van der Waals surface area contributed by atoms with E-state index in [4.69, 9.17) is 4.74 Å². The third-order valence-electron chi connectivity index (χ3n) is 3.42. The van der Waals surface area contributed by atoms with E-state index in [1.54, 1.807) is 0 Å². The first kappa shape index (κ1) is 17.0. The molecule has 0 aliphatic rings. The van der Waals surface area contributed by atoms with E-state index < -0.39 is 0 Å². The molecule has 0 fully saturated rings. The molecule has 0 rings (SSSR count). The Labute approximate surface area is 109 Å². The van der Waals surface area contributed by atoms with Crippen molar-refractivity contribution in [3.8, 4) is 0 Å². The van der Waals surface area contributed by atoms with E-state index in [0.29, 0.717) is 6.10 Å². The van der Waals surface area contributed by atoms with E-state index in [-0.39, 0.29) is 0 Å². The van der Waals surface area contributed by atoms with E-state index in [2.05, 4.69) is 20.8 Å². The highest BCUT2D eigenvalue weighted by Gasteiger charge is 1.99. The van der Waals surface area contributed by atoms with Gasteiger partial charge in [0.1, 0.15) is 0 Å². The summed E-state index contributed by atoms with van der Waals surface area (Å²) in [5, 5.41) is 0. The zero-order valence-corrected chi connectivity index (χ0v) is 12.5. The second kappa shape index (κ2) is 14.0. The normalized spacial score (nSPS) is 12.9. The van der Waals surface area contributed by atoms with Crippen molar-refractivity contribution in [2.75, 3.05) is 6.61 Å². The zero-order chi connectivity index (χ0) is 12.8. The van der Waals surface area contributed by atoms with Gasteiger partial charge in [0.25, 0.3) is 0 Å². The van der Waals surface area contributed by atoms with E-state index in [0.717, 1.165) is 6.61 Å². The van der Waals surface area contributed by atoms with Gasteiger partial charge < -0.3 is 4.74 Å². The molecular formula is C16H34O. The second-order valence-corrected chi connectivity index (χ2v) is 5.24. The quantitative estimate of drug-likeness (QED) is 0.375. The van der Waals surface area contributed by atoms with Crippen molar-refractivity contribution in [3.63, 3.8) is 0 Å². The van der Waals surface area contributed by atoms with Crippen LogP contribution in [-0.2, 0) is 4.74 Å². The Balaban J connectivity index is 2.98. The topological polar surface area (TPSA) is 9.23 Å². The summed E-state index contributed by atoms with van der Waals surface area (Å²) in [5.41, 5.74) is 0. The van der Waals surface area contributed by atoms with Gasteiger partial charge in [0.05, 0.1) is 6.10 Å². The fourth-order valence-corrected chi connectivity index (χ4v) is 2.29. The van der Waals surface area contributed by atoms with Crippen molar-refractivity contribution in [1.82, 2.24) is 0 Å². The minimum atomic E-state index is 0.467. The largest absolute Gasteiger partial charge is 0.379 e. The number of rotatable bonds is 13. The summed E-state index contributed by atoms with van der Waals surface area (Å²) in [5.74, 6) is 0. The molecular weight excluding hydrogens is 208 g/mol. The van der Waals surface area contributed by atoms with Crippen LogP contribution in [0, 0.1) is 0 Å². The Morgan fingerprint density at radius 3 is 1.65 bits per heavy atom. The van der Waals surface area contributed by atoms with Crippen LogP contribution in [0.1, 0.15) is 91.4 Å². The Bertz CT molecular complexity index is 133. The van der Waals surface area contributed by atoms with Crippen LogP contribution in [0.5, 0.6) is 0 Å². The molecule has 0 amide bonds. The van der Waals surface area contributed by atoms with Crippen LogP contribution in [0.15, 0.2) is 0 Å². The molecule has 0 radical (unpaired) electrons. The highest BCUT2D eigenvalue weighted by Crippen LogP contribution is 2.12. The van der Waals surface area contributed by atoms with Gasteiger partial charge in [-0.15, -0.1) is 0 Å². The molecule has 0 saturated heterocycles. The minimum Gasteiger partial charge on any atom is -0.379 e. The fraction of sp³-hybridized carbons (Fsp3) is 1.00. The van der Waals surface area contributed by atoms with Crippen LogP contribution in [0.25, 0.3) is 0 Å². The molecule has 0 heterocycles. The van der Waals surface area contributed by atoms with Gasteiger partial charge in [-0.2, -0.15) is 0 Å². The summed E-state index contributed by atoms with van der Waals surface area (Å²) < 4.78 is 5.52. The molecule has 0 aromatic carbocycles. The lowest BCUT2D eigenvalue weighted by molar-refractivity contribution is 0.0683. The molecule has 0 saturated carbocycles. The number of hydrogen-bond acceptors (Lipinski definition) is 1. The Morgan fingerprint density at radius 1 is 0.706 bits per heavy atom. The molecule has 1 heteroatoms. The minimum absolute atomic E-state index is 0.467. The van der Waals surface area contributed by atoms with E-state index >= 15 is 0 Å². The van der Waals surface area contributed by atoms with Crippen molar-refractivity contribution < 1.29 is 4.74 Å². The molecule has 17 heavy (non-hydrogen) atoms. The summed E-state index contributed by atoms with van der Waals surface area (Å²) >= 11 is 0. The van der Waals surface area contributed by atoms with Crippen LogP contribution >= 0.6 is 0 Å². The lowest BCUT2D eigenvalue weighted by atomic mass is 10.0. The molecule has 1 unspecified atom stereocenters. The van der Waals surface area contributed by atoms with Crippen LogP contribution in [0.3, 0.4) is 0 Å². The van der Waals surface area contributed by atoms with Crippen molar-refractivity contribution in [3.05, 3.63) is 0 Å². The summed E-state index contributed by atoms with van der Waals surface area (Å²) in [4.78, 5) is 0. The highest BCUT2D eigenvalue weighted by atomic mass is 16.5. The fourth-order valence-electron chi connectivity index (χ4n) is 2.29. The average Bonchev–Trinajstić information content (AvgIpc) is 2.32. The van der Waals surface area contributed by atoms with Gasteiger partial charge in [-0.25, -0.2) is 0 Å². The van der Waals surface area contributed by atoms with Crippen LogP contribution in [-0.4, -0.2) is 12.7 Å². The Morgan fingerprint density at radius 2 is 1.18 bits per heavy atom. The van der Waals surface area contributed by atoms with Gasteiger partial charge in [-0.3, -0.25) is 0 Å². The van der Waals surface area contributed by atoms with E-state index in [1.165, 1.54) is 70.6 Å². The van der Waals surface area contributed by atoms with Crippen LogP contribution < -0.4 is 0 Å². The Kier molecular flexibility index (Phi) is 14.0. The molecule has 0 spiro atoms. The summed E-state index contributed by atoms with van der Waals surface area (Å²) in [6.45, 7) is 7.41. The van der Waals surface area contributed by atoms with Gasteiger partial charge in [-0.1, -0.05) is 71.1 Å². The first-order valence-corrected chi connectivity index (χ1v) is 7.92. The molecule has 1 nitrogen and oxygen atoms in total. The van der Waals surface area contributed by atoms with Gasteiger partial charge in [0, 0.05) is 6.61 Å². The standard InChI is InChI=1S/C16H34O/c1-4-6-7-8-9-10-11-12-13-14-15-16(3)17-5-2/h16H,4-15H2,1-3H3. The maximum atomic E-state index is 5.52. The third kappa shape index (κ3) is 13.9. The number of hydrogen-bond donors (Lipinski definition) is 0.